The van der Waals surface area contributed by atoms with Gasteiger partial charge >= 0.3 is 5.97 Å². The van der Waals surface area contributed by atoms with Crippen LogP contribution in [0.2, 0.25) is 0 Å². The summed E-state index contributed by atoms with van der Waals surface area (Å²) in [5.74, 6) is -1.20. The summed E-state index contributed by atoms with van der Waals surface area (Å²) in [4.78, 5) is 21.0. The molecule has 0 fully saturated rings. The van der Waals surface area contributed by atoms with Crippen LogP contribution in [0.4, 0.5) is 5.13 Å². The minimum Gasteiger partial charge on any atom is -0.481 e. The Balaban J connectivity index is 1.71. The molecule has 2 heterocycles. The Morgan fingerprint density at radius 1 is 1.67 bits per heavy atom. The summed E-state index contributed by atoms with van der Waals surface area (Å²) in [6, 6.07) is 0.204. The summed E-state index contributed by atoms with van der Waals surface area (Å²) >= 11 is 1.59. The third-order valence-corrected chi connectivity index (χ3v) is 4.73. The van der Waals surface area contributed by atoms with E-state index in [1.54, 1.807) is 23.9 Å². The number of hydrogen-bond acceptors (Lipinski definition) is 5. The SMILES string of the molecule is CC(Cn1ccnc1)Nc1nc2c(s1)CCCC2C(=O)O. The zero-order chi connectivity index (χ0) is 14.8. The number of aromatic nitrogens is 3. The molecular formula is C14H18N4O2S. The maximum Gasteiger partial charge on any atom is 0.312 e. The molecule has 21 heavy (non-hydrogen) atoms. The quantitative estimate of drug-likeness (QED) is 0.886. The van der Waals surface area contributed by atoms with Crippen molar-refractivity contribution in [2.45, 2.75) is 44.7 Å². The third-order valence-electron chi connectivity index (χ3n) is 3.67. The monoisotopic (exact) mass is 306 g/mol. The van der Waals surface area contributed by atoms with Gasteiger partial charge in [-0.05, 0) is 26.2 Å². The molecule has 0 spiro atoms. The number of carboxylic acids is 1. The van der Waals surface area contributed by atoms with Crippen LogP contribution < -0.4 is 5.32 Å². The number of rotatable bonds is 5. The number of hydrogen-bond donors (Lipinski definition) is 2. The Hall–Kier alpha value is -1.89. The fraction of sp³-hybridized carbons (Fsp3) is 0.500. The number of anilines is 1. The molecule has 7 heteroatoms. The van der Waals surface area contributed by atoms with Crippen molar-refractivity contribution in [3.8, 4) is 0 Å². The highest BCUT2D eigenvalue weighted by atomic mass is 32.1. The molecule has 0 amide bonds. The molecule has 0 bridgehead atoms. The van der Waals surface area contributed by atoms with Gasteiger partial charge in [0, 0.05) is 29.9 Å². The van der Waals surface area contributed by atoms with Crippen LogP contribution in [-0.2, 0) is 17.8 Å². The minimum atomic E-state index is -0.765. The maximum absolute atomic E-state index is 11.3. The number of fused-ring (bicyclic) bond motifs is 1. The second-order valence-corrected chi connectivity index (χ2v) is 6.50. The normalized spacial score (nSPS) is 19.0. The van der Waals surface area contributed by atoms with Gasteiger partial charge < -0.3 is 15.0 Å². The lowest BCUT2D eigenvalue weighted by Crippen LogP contribution is -2.21. The first kappa shape index (κ1) is 14.1. The molecule has 0 saturated carbocycles. The predicted octanol–water partition coefficient (Wildman–Crippen LogP) is 2.34. The van der Waals surface area contributed by atoms with Crippen molar-refractivity contribution in [3.63, 3.8) is 0 Å². The van der Waals surface area contributed by atoms with Crippen molar-refractivity contribution in [3.05, 3.63) is 29.3 Å². The second kappa shape index (κ2) is 5.85. The Morgan fingerprint density at radius 2 is 2.52 bits per heavy atom. The molecule has 0 aliphatic heterocycles. The van der Waals surface area contributed by atoms with Gasteiger partial charge in [-0.2, -0.15) is 0 Å². The Kier molecular flexibility index (Phi) is 3.92. The number of aryl methyl sites for hydroxylation is 1. The highest BCUT2D eigenvalue weighted by Gasteiger charge is 2.30. The molecule has 6 nitrogen and oxygen atoms in total. The van der Waals surface area contributed by atoms with Gasteiger partial charge in [0.15, 0.2) is 5.13 Å². The highest BCUT2D eigenvalue weighted by molar-refractivity contribution is 7.15. The van der Waals surface area contributed by atoms with Crippen LogP contribution in [0, 0.1) is 0 Å². The molecule has 1 aliphatic rings. The summed E-state index contributed by atoms with van der Waals surface area (Å²) in [6.07, 6.45) is 8.02. The van der Waals surface area contributed by atoms with Crippen molar-refractivity contribution in [2.75, 3.05) is 5.32 Å². The molecule has 2 N–H and O–H groups in total. The van der Waals surface area contributed by atoms with Crippen molar-refractivity contribution in [1.82, 2.24) is 14.5 Å². The van der Waals surface area contributed by atoms with Gasteiger partial charge in [-0.1, -0.05) is 0 Å². The summed E-state index contributed by atoms with van der Waals surface area (Å²) in [6.45, 7) is 2.88. The number of aliphatic carboxylic acids is 1. The van der Waals surface area contributed by atoms with E-state index in [-0.39, 0.29) is 6.04 Å². The van der Waals surface area contributed by atoms with Crippen molar-refractivity contribution in [2.24, 2.45) is 0 Å². The van der Waals surface area contributed by atoms with E-state index in [1.165, 1.54) is 0 Å². The minimum absolute atomic E-state index is 0.204. The van der Waals surface area contributed by atoms with Gasteiger partial charge in [0.1, 0.15) is 5.92 Å². The van der Waals surface area contributed by atoms with Gasteiger partial charge in [0.25, 0.3) is 0 Å². The lowest BCUT2D eigenvalue weighted by Gasteiger charge is -2.16. The van der Waals surface area contributed by atoms with E-state index in [4.69, 9.17) is 0 Å². The topological polar surface area (TPSA) is 80.0 Å². The molecular weight excluding hydrogens is 288 g/mol. The third kappa shape index (κ3) is 3.07. The lowest BCUT2D eigenvalue weighted by atomic mass is 9.91. The summed E-state index contributed by atoms with van der Waals surface area (Å²) in [5.41, 5.74) is 0.760. The summed E-state index contributed by atoms with van der Waals surface area (Å²) < 4.78 is 2.01. The second-order valence-electron chi connectivity index (χ2n) is 5.42. The van der Waals surface area contributed by atoms with Gasteiger partial charge in [-0.3, -0.25) is 4.79 Å². The fourth-order valence-electron chi connectivity index (χ4n) is 2.69. The van der Waals surface area contributed by atoms with Crippen LogP contribution in [0.3, 0.4) is 0 Å². The van der Waals surface area contributed by atoms with Gasteiger partial charge in [0.2, 0.25) is 0 Å². The van der Waals surface area contributed by atoms with E-state index in [0.29, 0.717) is 6.42 Å². The van der Waals surface area contributed by atoms with Crippen molar-refractivity contribution >= 4 is 22.4 Å². The van der Waals surface area contributed by atoms with E-state index in [1.807, 2.05) is 10.8 Å². The Morgan fingerprint density at radius 3 is 3.24 bits per heavy atom. The lowest BCUT2D eigenvalue weighted by molar-refractivity contribution is -0.139. The van der Waals surface area contributed by atoms with Crippen LogP contribution in [-0.4, -0.2) is 31.7 Å². The number of thiazole rings is 1. The van der Waals surface area contributed by atoms with Crippen molar-refractivity contribution in [1.29, 1.82) is 0 Å². The van der Waals surface area contributed by atoms with E-state index in [2.05, 4.69) is 22.2 Å². The number of imidazole rings is 1. The van der Waals surface area contributed by atoms with E-state index in [9.17, 15) is 9.90 Å². The van der Waals surface area contributed by atoms with Crippen molar-refractivity contribution < 1.29 is 9.90 Å². The molecule has 2 aromatic heterocycles. The summed E-state index contributed by atoms with van der Waals surface area (Å²) in [5, 5.41) is 13.5. The van der Waals surface area contributed by atoms with Crippen LogP contribution in [0.25, 0.3) is 0 Å². The van der Waals surface area contributed by atoms with Crippen LogP contribution in [0.5, 0.6) is 0 Å². The first-order valence-corrected chi connectivity index (χ1v) is 7.90. The first-order valence-electron chi connectivity index (χ1n) is 7.08. The molecule has 0 radical (unpaired) electrons. The van der Waals surface area contributed by atoms with Crippen LogP contribution >= 0.6 is 11.3 Å². The number of nitrogens with one attached hydrogen (secondary N) is 1. The van der Waals surface area contributed by atoms with Crippen LogP contribution in [0.1, 0.15) is 36.3 Å². The highest BCUT2D eigenvalue weighted by Crippen LogP contribution is 2.36. The van der Waals surface area contributed by atoms with Gasteiger partial charge in [-0.15, -0.1) is 11.3 Å². The largest absolute Gasteiger partial charge is 0.481 e. The number of carbonyl (C=O) groups is 1. The Bertz CT molecular complexity index is 623. The van der Waals surface area contributed by atoms with E-state index >= 15 is 0 Å². The average molecular weight is 306 g/mol. The fourth-order valence-corrected chi connectivity index (χ4v) is 3.86. The number of carboxylic acid groups (broad SMARTS) is 1. The maximum atomic E-state index is 11.3. The van der Waals surface area contributed by atoms with E-state index in [0.717, 1.165) is 35.1 Å². The molecule has 112 valence electrons. The predicted molar refractivity (Wildman–Crippen MR) is 80.7 cm³/mol. The molecule has 1 aliphatic carbocycles. The molecule has 2 atom stereocenters. The average Bonchev–Trinajstić information content (AvgIpc) is 3.06. The van der Waals surface area contributed by atoms with E-state index < -0.39 is 11.9 Å². The molecule has 2 unspecified atom stereocenters. The first-order chi connectivity index (χ1) is 10.1. The Labute approximate surface area is 126 Å². The van der Waals surface area contributed by atoms with Crippen LogP contribution in [0.15, 0.2) is 18.7 Å². The molecule has 0 saturated heterocycles. The molecule has 2 aromatic rings. The smallest absolute Gasteiger partial charge is 0.312 e. The molecule has 3 rings (SSSR count). The zero-order valence-electron chi connectivity index (χ0n) is 11.8. The zero-order valence-corrected chi connectivity index (χ0v) is 12.6. The van der Waals surface area contributed by atoms with Gasteiger partial charge in [0.05, 0.1) is 12.0 Å². The number of nitrogens with zero attached hydrogens (tertiary/aromatic N) is 3. The standard InChI is InChI=1S/C14H18N4O2S/c1-9(7-18-6-5-15-8-18)16-14-17-12-10(13(19)20)3-2-4-11(12)21-14/h5-6,8-10H,2-4,7H2,1H3,(H,16,17)(H,19,20). The summed E-state index contributed by atoms with van der Waals surface area (Å²) in [7, 11) is 0. The van der Waals surface area contributed by atoms with Gasteiger partial charge in [-0.25, -0.2) is 9.97 Å². The molecule has 0 aromatic carbocycles.